The molecular weight excluding hydrogens is 250 g/mol. The number of hydrogen-bond donors (Lipinski definition) is 1. The number of halogens is 1. The van der Waals surface area contributed by atoms with Crippen LogP contribution in [0.15, 0.2) is 12.4 Å². The third-order valence-electron chi connectivity index (χ3n) is 3.46. The van der Waals surface area contributed by atoms with Crippen LogP contribution in [0.25, 0.3) is 0 Å². The molecule has 1 aromatic rings. The minimum absolute atomic E-state index is 0.0807. The molecule has 1 N–H and O–H groups in total. The Morgan fingerprint density at radius 1 is 1.56 bits per heavy atom. The lowest BCUT2D eigenvalue weighted by atomic mass is 9.95. The van der Waals surface area contributed by atoms with Gasteiger partial charge in [-0.3, -0.25) is 9.48 Å². The first-order valence-electron chi connectivity index (χ1n) is 6.63. The van der Waals surface area contributed by atoms with Gasteiger partial charge in [-0.25, -0.2) is 0 Å². The molecule has 100 valence electrons. The molecule has 0 unspecified atom stereocenters. The summed E-state index contributed by atoms with van der Waals surface area (Å²) in [6.45, 7) is 2.50. The average Bonchev–Trinajstić information content (AvgIpc) is 2.76. The predicted molar refractivity (Wildman–Crippen MR) is 71.4 cm³/mol. The van der Waals surface area contributed by atoms with Crippen LogP contribution in [-0.4, -0.2) is 21.7 Å². The Bertz CT molecular complexity index is 399. The van der Waals surface area contributed by atoms with Crippen LogP contribution in [0.1, 0.15) is 39.0 Å². The van der Waals surface area contributed by atoms with Gasteiger partial charge < -0.3 is 5.32 Å². The van der Waals surface area contributed by atoms with E-state index in [0.29, 0.717) is 17.6 Å². The molecule has 1 aliphatic rings. The molecule has 0 aliphatic heterocycles. The SMILES string of the molecule is C[C@H](Cn1cc(Cl)cn1)C(=O)NC1CCCCC1. The summed E-state index contributed by atoms with van der Waals surface area (Å²) >= 11 is 5.80. The number of amides is 1. The molecule has 0 aromatic carbocycles. The molecule has 4 nitrogen and oxygen atoms in total. The lowest BCUT2D eigenvalue weighted by Crippen LogP contribution is -2.40. The summed E-state index contributed by atoms with van der Waals surface area (Å²) in [5, 5.41) is 7.83. The Morgan fingerprint density at radius 2 is 2.28 bits per heavy atom. The fourth-order valence-electron chi connectivity index (χ4n) is 2.39. The van der Waals surface area contributed by atoms with E-state index in [1.165, 1.54) is 19.3 Å². The van der Waals surface area contributed by atoms with Crippen LogP contribution in [0.3, 0.4) is 0 Å². The maximum atomic E-state index is 12.0. The molecule has 0 spiro atoms. The molecule has 5 heteroatoms. The third kappa shape index (κ3) is 3.73. The predicted octanol–water partition coefficient (Wildman–Crippen LogP) is 2.62. The summed E-state index contributed by atoms with van der Waals surface area (Å²) in [6, 6.07) is 0.370. The topological polar surface area (TPSA) is 46.9 Å². The van der Waals surface area contributed by atoms with Crippen molar-refractivity contribution in [3.05, 3.63) is 17.4 Å². The number of carbonyl (C=O) groups excluding carboxylic acids is 1. The van der Waals surface area contributed by atoms with Gasteiger partial charge >= 0.3 is 0 Å². The number of rotatable bonds is 4. The first-order valence-corrected chi connectivity index (χ1v) is 7.01. The zero-order valence-electron chi connectivity index (χ0n) is 10.7. The van der Waals surface area contributed by atoms with E-state index >= 15 is 0 Å². The molecule has 0 radical (unpaired) electrons. The second kappa shape index (κ2) is 6.23. The Balaban J connectivity index is 1.80. The Hall–Kier alpha value is -1.03. The normalized spacial score (nSPS) is 18.6. The van der Waals surface area contributed by atoms with Crippen molar-refractivity contribution in [3.63, 3.8) is 0 Å². The van der Waals surface area contributed by atoms with E-state index in [9.17, 15) is 4.79 Å². The highest BCUT2D eigenvalue weighted by molar-refractivity contribution is 6.30. The molecular formula is C13H20ClN3O. The molecule has 1 amide bonds. The lowest BCUT2D eigenvalue weighted by Gasteiger charge is -2.24. The Labute approximate surface area is 113 Å². The van der Waals surface area contributed by atoms with E-state index in [-0.39, 0.29) is 11.8 Å². The minimum atomic E-state index is -0.0807. The number of nitrogens with zero attached hydrogens (tertiary/aromatic N) is 2. The molecule has 1 atom stereocenters. The highest BCUT2D eigenvalue weighted by atomic mass is 35.5. The molecule has 1 aromatic heterocycles. The highest BCUT2D eigenvalue weighted by Gasteiger charge is 2.19. The summed E-state index contributed by atoms with van der Waals surface area (Å²) in [7, 11) is 0. The molecule has 0 saturated heterocycles. The molecule has 1 saturated carbocycles. The van der Waals surface area contributed by atoms with Gasteiger partial charge in [0.2, 0.25) is 5.91 Å². The van der Waals surface area contributed by atoms with Crippen molar-refractivity contribution in [3.8, 4) is 0 Å². The van der Waals surface area contributed by atoms with Gasteiger partial charge in [0, 0.05) is 12.2 Å². The van der Waals surface area contributed by atoms with Crippen molar-refractivity contribution in [2.24, 2.45) is 5.92 Å². The van der Waals surface area contributed by atoms with E-state index in [4.69, 9.17) is 11.6 Å². The van der Waals surface area contributed by atoms with Gasteiger partial charge in [0.15, 0.2) is 0 Å². The van der Waals surface area contributed by atoms with Crippen LogP contribution >= 0.6 is 11.6 Å². The van der Waals surface area contributed by atoms with Gasteiger partial charge in [0.25, 0.3) is 0 Å². The van der Waals surface area contributed by atoms with E-state index in [2.05, 4.69) is 10.4 Å². The quantitative estimate of drug-likeness (QED) is 0.913. The van der Waals surface area contributed by atoms with Crippen molar-refractivity contribution < 1.29 is 4.79 Å². The monoisotopic (exact) mass is 269 g/mol. The maximum absolute atomic E-state index is 12.0. The second-order valence-corrected chi connectivity index (χ2v) is 5.56. The summed E-state index contributed by atoms with van der Waals surface area (Å²) in [6.07, 6.45) is 9.33. The van der Waals surface area contributed by atoms with E-state index in [0.717, 1.165) is 12.8 Å². The minimum Gasteiger partial charge on any atom is -0.353 e. The van der Waals surface area contributed by atoms with Gasteiger partial charge in [-0.15, -0.1) is 0 Å². The smallest absolute Gasteiger partial charge is 0.224 e. The van der Waals surface area contributed by atoms with Crippen molar-refractivity contribution in [2.75, 3.05) is 0 Å². The Morgan fingerprint density at radius 3 is 2.89 bits per heavy atom. The van der Waals surface area contributed by atoms with Gasteiger partial charge in [0.1, 0.15) is 0 Å². The van der Waals surface area contributed by atoms with Gasteiger partial charge in [0.05, 0.1) is 23.7 Å². The lowest BCUT2D eigenvalue weighted by molar-refractivity contribution is -0.125. The molecule has 2 rings (SSSR count). The average molecular weight is 270 g/mol. The molecule has 18 heavy (non-hydrogen) atoms. The van der Waals surface area contributed by atoms with Gasteiger partial charge in [-0.2, -0.15) is 5.10 Å². The third-order valence-corrected chi connectivity index (χ3v) is 3.66. The summed E-state index contributed by atoms with van der Waals surface area (Å²) in [5.74, 6) is 0.0383. The zero-order chi connectivity index (χ0) is 13.0. The van der Waals surface area contributed by atoms with Crippen molar-refractivity contribution in [2.45, 2.75) is 51.6 Å². The van der Waals surface area contributed by atoms with Crippen molar-refractivity contribution >= 4 is 17.5 Å². The van der Waals surface area contributed by atoms with Gasteiger partial charge in [-0.05, 0) is 12.8 Å². The summed E-state index contributed by atoms with van der Waals surface area (Å²) in [4.78, 5) is 12.0. The van der Waals surface area contributed by atoms with Crippen LogP contribution in [-0.2, 0) is 11.3 Å². The molecule has 1 aliphatic carbocycles. The van der Waals surface area contributed by atoms with Crippen molar-refractivity contribution in [1.29, 1.82) is 0 Å². The number of hydrogen-bond acceptors (Lipinski definition) is 2. The van der Waals surface area contributed by atoms with Crippen LogP contribution in [0.5, 0.6) is 0 Å². The zero-order valence-corrected chi connectivity index (χ0v) is 11.5. The highest BCUT2D eigenvalue weighted by Crippen LogP contribution is 2.18. The van der Waals surface area contributed by atoms with Crippen LogP contribution < -0.4 is 5.32 Å². The maximum Gasteiger partial charge on any atom is 0.224 e. The van der Waals surface area contributed by atoms with Crippen LogP contribution in [0, 0.1) is 5.92 Å². The Kier molecular flexibility index (Phi) is 4.64. The summed E-state index contributed by atoms with van der Waals surface area (Å²) < 4.78 is 1.72. The second-order valence-electron chi connectivity index (χ2n) is 5.13. The fraction of sp³-hybridized carbons (Fsp3) is 0.692. The van der Waals surface area contributed by atoms with Crippen LogP contribution in [0.2, 0.25) is 5.02 Å². The number of nitrogens with one attached hydrogen (secondary N) is 1. The molecule has 1 heterocycles. The first kappa shape index (κ1) is 13.4. The van der Waals surface area contributed by atoms with Gasteiger partial charge in [-0.1, -0.05) is 37.8 Å². The van der Waals surface area contributed by atoms with Crippen molar-refractivity contribution in [1.82, 2.24) is 15.1 Å². The van der Waals surface area contributed by atoms with E-state index < -0.39 is 0 Å². The number of carbonyl (C=O) groups is 1. The molecule has 0 bridgehead atoms. The largest absolute Gasteiger partial charge is 0.353 e. The fourth-order valence-corrected chi connectivity index (χ4v) is 2.55. The molecule has 1 fully saturated rings. The van der Waals surface area contributed by atoms with Crippen LogP contribution in [0.4, 0.5) is 0 Å². The first-order chi connectivity index (χ1) is 8.65. The summed E-state index contributed by atoms with van der Waals surface area (Å²) in [5.41, 5.74) is 0. The van der Waals surface area contributed by atoms with E-state index in [1.54, 1.807) is 17.1 Å². The number of aromatic nitrogens is 2. The standard InChI is InChI=1S/C13H20ClN3O/c1-10(8-17-9-11(14)7-15-17)13(18)16-12-5-3-2-4-6-12/h7,9-10,12H,2-6,8H2,1H3,(H,16,18)/t10-/m1/s1. The van der Waals surface area contributed by atoms with E-state index in [1.807, 2.05) is 6.92 Å².